The molecular formula is C15H27N3O. The molecule has 108 valence electrons. The minimum absolute atomic E-state index is 0.721. The van der Waals surface area contributed by atoms with E-state index >= 15 is 0 Å². The molecule has 0 radical (unpaired) electrons. The van der Waals surface area contributed by atoms with Crippen molar-refractivity contribution in [2.75, 3.05) is 18.5 Å². The number of ether oxygens (including phenoxy) is 1. The number of aromatic nitrogens is 2. The number of nitrogens with one attached hydrogen (secondary N) is 1. The molecule has 0 bridgehead atoms. The largest absolute Gasteiger partial charge is 0.477 e. The van der Waals surface area contributed by atoms with Crippen LogP contribution in [0, 0.1) is 12.8 Å². The summed E-state index contributed by atoms with van der Waals surface area (Å²) in [6.07, 6.45) is 3.07. The topological polar surface area (TPSA) is 47.0 Å². The van der Waals surface area contributed by atoms with Crippen LogP contribution in [0.5, 0.6) is 5.88 Å². The van der Waals surface area contributed by atoms with Gasteiger partial charge in [-0.2, -0.15) is 4.98 Å². The van der Waals surface area contributed by atoms with Gasteiger partial charge in [0.25, 0.3) is 0 Å². The Labute approximate surface area is 117 Å². The van der Waals surface area contributed by atoms with E-state index in [1.54, 1.807) is 0 Å². The molecule has 0 fully saturated rings. The minimum Gasteiger partial charge on any atom is -0.477 e. The number of nitrogens with zero attached hydrogens (tertiary/aromatic N) is 2. The normalized spacial score (nSPS) is 10.8. The number of hydrogen-bond donors (Lipinski definition) is 1. The fraction of sp³-hybridized carbons (Fsp3) is 0.733. The summed E-state index contributed by atoms with van der Waals surface area (Å²) in [6, 6.07) is 0. The first-order chi connectivity index (χ1) is 9.08. The fourth-order valence-corrected chi connectivity index (χ4v) is 1.84. The summed E-state index contributed by atoms with van der Waals surface area (Å²) >= 11 is 0. The van der Waals surface area contributed by atoms with Gasteiger partial charge in [0.1, 0.15) is 11.6 Å². The van der Waals surface area contributed by atoms with Crippen molar-refractivity contribution in [1.82, 2.24) is 9.97 Å². The molecule has 0 spiro atoms. The smallest absolute Gasteiger partial charge is 0.221 e. The third kappa shape index (κ3) is 5.05. The van der Waals surface area contributed by atoms with E-state index in [1.807, 2.05) is 6.92 Å². The molecule has 0 aliphatic heterocycles. The van der Waals surface area contributed by atoms with Gasteiger partial charge in [0.2, 0.25) is 5.88 Å². The zero-order valence-corrected chi connectivity index (χ0v) is 12.9. The highest BCUT2D eigenvalue weighted by molar-refractivity contribution is 5.48. The first kappa shape index (κ1) is 15.7. The van der Waals surface area contributed by atoms with Crippen molar-refractivity contribution in [3.05, 3.63) is 11.4 Å². The van der Waals surface area contributed by atoms with Crippen LogP contribution >= 0.6 is 0 Å². The lowest BCUT2D eigenvalue weighted by Gasteiger charge is -2.13. The first-order valence-corrected chi connectivity index (χ1v) is 7.32. The van der Waals surface area contributed by atoms with E-state index in [9.17, 15) is 0 Å². The van der Waals surface area contributed by atoms with Gasteiger partial charge in [-0.25, -0.2) is 4.98 Å². The van der Waals surface area contributed by atoms with E-state index in [-0.39, 0.29) is 0 Å². The highest BCUT2D eigenvalue weighted by Gasteiger charge is 2.10. The molecule has 0 atom stereocenters. The Morgan fingerprint density at radius 2 is 1.95 bits per heavy atom. The maximum atomic E-state index is 5.83. The lowest BCUT2D eigenvalue weighted by molar-refractivity contribution is 0.284. The molecular weight excluding hydrogens is 238 g/mol. The SMILES string of the molecule is CCNc1nc(CC)nc(OCCCC(C)C)c1C. The molecule has 1 aromatic rings. The Hall–Kier alpha value is -1.32. The standard InChI is InChI=1S/C15H27N3O/c1-6-13-17-14(16-7-2)12(5)15(18-13)19-10-8-9-11(3)4/h11H,6-10H2,1-5H3,(H,16,17,18). The second-order valence-electron chi connectivity index (χ2n) is 5.19. The highest BCUT2D eigenvalue weighted by Crippen LogP contribution is 2.22. The van der Waals surface area contributed by atoms with E-state index in [1.165, 1.54) is 6.42 Å². The lowest BCUT2D eigenvalue weighted by atomic mass is 10.1. The average molecular weight is 265 g/mol. The van der Waals surface area contributed by atoms with Crippen LogP contribution in [0.4, 0.5) is 5.82 Å². The average Bonchev–Trinajstić information content (AvgIpc) is 2.38. The quantitative estimate of drug-likeness (QED) is 0.730. The molecule has 0 unspecified atom stereocenters. The van der Waals surface area contributed by atoms with Crippen molar-refractivity contribution in [1.29, 1.82) is 0 Å². The second-order valence-corrected chi connectivity index (χ2v) is 5.19. The summed E-state index contributed by atoms with van der Waals surface area (Å²) in [7, 11) is 0. The Morgan fingerprint density at radius 3 is 2.53 bits per heavy atom. The van der Waals surface area contributed by atoms with E-state index in [0.29, 0.717) is 0 Å². The predicted molar refractivity (Wildman–Crippen MR) is 79.9 cm³/mol. The second kappa shape index (κ2) is 7.97. The van der Waals surface area contributed by atoms with Gasteiger partial charge in [-0.15, -0.1) is 0 Å². The monoisotopic (exact) mass is 265 g/mol. The zero-order chi connectivity index (χ0) is 14.3. The van der Waals surface area contributed by atoms with Crippen LogP contribution in [0.2, 0.25) is 0 Å². The van der Waals surface area contributed by atoms with Gasteiger partial charge < -0.3 is 10.1 Å². The summed E-state index contributed by atoms with van der Waals surface area (Å²) in [5.74, 6) is 3.18. The molecule has 0 aromatic carbocycles. The molecule has 0 aliphatic rings. The molecule has 0 saturated heterocycles. The predicted octanol–water partition coefficient (Wildman–Crippen LogP) is 3.59. The molecule has 0 amide bonds. The van der Waals surface area contributed by atoms with Crippen LogP contribution in [0.25, 0.3) is 0 Å². The van der Waals surface area contributed by atoms with Crippen molar-refractivity contribution >= 4 is 5.82 Å². The third-order valence-corrected chi connectivity index (χ3v) is 2.97. The van der Waals surface area contributed by atoms with Gasteiger partial charge >= 0.3 is 0 Å². The van der Waals surface area contributed by atoms with Gasteiger partial charge in [-0.1, -0.05) is 20.8 Å². The fourth-order valence-electron chi connectivity index (χ4n) is 1.84. The van der Waals surface area contributed by atoms with Crippen LogP contribution in [0.3, 0.4) is 0 Å². The molecule has 4 nitrogen and oxygen atoms in total. The van der Waals surface area contributed by atoms with Gasteiger partial charge in [0.15, 0.2) is 0 Å². The molecule has 0 aliphatic carbocycles. The van der Waals surface area contributed by atoms with E-state index in [2.05, 4.69) is 43.0 Å². The Balaban J connectivity index is 2.72. The summed E-state index contributed by atoms with van der Waals surface area (Å²) in [6.45, 7) is 12.2. The van der Waals surface area contributed by atoms with Crippen molar-refractivity contribution in [2.24, 2.45) is 5.92 Å². The van der Waals surface area contributed by atoms with Crippen molar-refractivity contribution in [3.8, 4) is 5.88 Å². The third-order valence-electron chi connectivity index (χ3n) is 2.97. The van der Waals surface area contributed by atoms with Gasteiger partial charge in [0, 0.05) is 13.0 Å². The van der Waals surface area contributed by atoms with Crippen LogP contribution in [0.15, 0.2) is 0 Å². The summed E-state index contributed by atoms with van der Waals surface area (Å²) in [5.41, 5.74) is 1.00. The Kier molecular flexibility index (Phi) is 6.60. The molecule has 0 saturated carbocycles. The first-order valence-electron chi connectivity index (χ1n) is 7.32. The highest BCUT2D eigenvalue weighted by atomic mass is 16.5. The van der Waals surface area contributed by atoms with Gasteiger partial charge in [0.05, 0.1) is 12.2 Å². The maximum Gasteiger partial charge on any atom is 0.221 e. The van der Waals surface area contributed by atoms with Crippen LogP contribution in [-0.4, -0.2) is 23.1 Å². The van der Waals surface area contributed by atoms with Crippen LogP contribution in [0.1, 0.15) is 51.9 Å². The minimum atomic E-state index is 0.721. The Morgan fingerprint density at radius 1 is 1.21 bits per heavy atom. The number of rotatable bonds is 8. The van der Waals surface area contributed by atoms with Crippen LogP contribution in [-0.2, 0) is 6.42 Å². The summed E-state index contributed by atoms with van der Waals surface area (Å²) in [5, 5.41) is 3.27. The number of aryl methyl sites for hydroxylation is 1. The van der Waals surface area contributed by atoms with Crippen molar-refractivity contribution in [2.45, 2.75) is 53.9 Å². The van der Waals surface area contributed by atoms with E-state index in [0.717, 1.165) is 55.0 Å². The zero-order valence-electron chi connectivity index (χ0n) is 12.9. The van der Waals surface area contributed by atoms with Gasteiger partial charge in [-0.05, 0) is 32.6 Å². The lowest BCUT2D eigenvalue weighted by Crippen LogP contribution is -2.09. The number of anilines is 1. The molecule has 1 rings (SSSR count). The molecule has 1 aromatic heterocycles. The molecule has 4 heteroatoms. The Bertz CT molecular complexity index is 391. The summed E-state index contributed by atoms with van der Waals surface area (Å²) in [4.78, 5) is 8.97. The molecule has 1 N–H and O–H groups in total. The van der Waals surface area contributed by atoms with Gasteiger partial charge in [-0.3, -0.25) is 0 Å². The molecule has 19 heavy (non-hydrogen) atoms. The summed E-state index contributed by atoms with van der Waals surface area (Å²) < 4.78 is 5.83. The van der Waals surface area contributed by atoms with Crippen molar-refractivity contribution < 1.29 is 4.74 Å². The molecule has 1 heterocycles. The van der Waals surface area contributed by atoms with Crippen molar-refractivity contribution in [3.63, 3.8) is 0 Å². The van der Waals surface area contributed by atoms with E-state index < -0.39 is 0 Å². The number of hydrogen-bond acceptors (Lipinski definition) is 4. The van der Waals surface area contributed by atoms with E-state index in [4.69, 9.17) is 4.74 Å². The maximum absolute atomic E-state index is 5.83. The van der Waals surface area contributed by atoms with Crippen LogP contribution < -0.4 is 10.1 Å².